The molecule has 0 unspecified atom stereocenters. The highest BCUT2D eigenvalue weighted by Crippen LogP contribution is 2.42. The molecular weight excluding hydrogens is 302 g/mol. The summed E-state index contributed by atoms with van der Waals surface area (Å²) in [5.74, 6) is 0.915. The minimum atomic E-state index is 0.0211. The van der Waals surface area contributed by atoms with Gasteiger partial charge in [0, 0.05) is 38.9 Å². The third-order valence-corrected chi connectivity index (χ3v) is 5.76. The van der Waals surface area contributed by atoms with E-state index in [1.807, 2.05) is 32.4 Å². The van der Waals surface area contributed by atoms with E-state index >= 15 is 0 Å². The lowest BCUT2D eigenvalue weighted by molar-refractivity contribution is -0.0924. The Labute approximate surface area is 145 Å². The van der Waals surface area contributed by atoms with Gasteiger partial charge in [-0.15, -0.1) is 0 Å². The lowest BCUT2D eigenvalue weighted by Gasteiger charge is -2.43. The molecule has 0 spiro atoms. The number of likely N-dealkylation sites (tertiary alicyclic amines) is 1. The van der Waals surface area contributed by atoms with Crippen LogP contribution in [-0.2, 0) is 9.47 Å². The van der Waals surface area contributed by atoms with Crippen LogP contribution >= 0.6 is 0 Å². The molecular formula is C20H29NO3. The Balaban J connectivity index is 1.67. The molecule has 1 aromatic rings. The Morgan fingerprint density at radius 2 is 2.04 bits per heavy atom. The topological polar surface area (TPSA) is 30.9 Å². The van der Waals surface area contributed by atoms with Crippen molar-refractivity contribution in [3.8, 4) is 5.75 Å². The second-order valence-electron chi connectivity index (χ2n) is 6.81. The van der Waals surface area contributed by atoms with E-state index < -0.39 is 0 Å². The van der Waals surface area contributed by atoms with Gasteiger partial charge in [-0.25, -0.2) is 0 Å². The van der Waals surface area contributed by atoms with E-state index in [1.54, 1.807) is 7.11 Å². The minimum Gasteiger partial charge on any atom is -0.496 e. The molecule has 1 heterocycles. The van der Waals surface area contributed by atoms with Crippen LogP contribution < -0.4 is 4.74 Å². The molecule has 1 aromatic carbocycles. The summed E-state index contributed by atoms with van der Waals surface area (Å²) in [4.78, 5) is 2.54. The summed E-state index contributed by atoms with van der Waals surface area (Å²) in [6.45, 7) is 2.02. The average Bonchev–Trinajstić information content (AvgIpc) is 3.00. The molecule has 1 saturated heterocycles. The normalized spacial score (nSPS) is 30.6. The zero-order valence-corrected chi connectivity index (χ0v) is 15.0. The molecule has 0 radical (unpaired) electrons. The monoisotopic (exact) mass is 331 g/mol. The molecule has 1 aliphatic carbocycles. The Morgan fingerprint density at radius 1 is 1.21 bits per heavy atom. The van der Waals surface area contributed by atoms with Gasteiger partial charge in [-0.2, -0.15) is 0 Å². The molecule has 1 saturated carbocycles. The van der Waals surface area contributed by atoms with Crippen molar-refractivity contribution in [3.63, 3.8) is 0 Å². The summed E-state index contributed by atoms with van der Waals surface area (Å²) in [6, 6.07) is 8.56. The van der Waals surface area contributed by atoms with E-state index in [4.69, 9.17) is 14.2 Å². The highest BCUT2D eigenvalue weighted by atomic mass is 16.5. The van der Waals surface area contributed by atoms with Gasteiger partial charge in [-0.1, -0.05) is 30.4 Å². The van der Waals surface area contributed by atoms with Gasteiger partial charge in [0.05, 0.1) is 18.8 Å². The summed E-state index contributed by atoms with van der Waals surface area (Å²) in [6.07, 6.45) is 9.13. The van der Waals surface area contributed by atoms with Crippen LogP contribution in [0.25, 0.3) is 6.08 Å². The molecule has 0 N–H and O–H groups in total. The third kappa shape index (κ3) is 3.37. The maximum absolute atomic E-state index is 5.99. The number of ether oxygens (including phenoxy) is 3. The van der Waals surface area contributed by atoms with E-state index in [1.165, 1.54) is 0 Å². The van der Waals surface area contributed by atoms with Gasteiger partial charge in [-0.05, 0) is 31.7 Å². The molecule has 2 fully saturated rings. The van der Waals surface area contributed by atoms with Gasteiger partial charge in [0.15, 0.2) is 0 Å². The first-order valence-corrected chi connectivity index (χ1v) is 8.84. The largest absolute Gasteiger partial charge is 0.496 e. The van der Waals surface area contributed by atoms with E-state index in [2.05, 4.69) is 23.1 Å². The first-order chi connectivity index (χ1) is 11.7. The maximum atomic E-state index is 5.99. The van der Waals surface area contributed by atoms with E-state index in [9.17, 15) is 0 Å². The molecule has 3 atom stereocenters. The second kappa shape index (κ2) is 7.68. The van der Waals surface area contributed by atoms with Crippen molar-refractivity contribution in [2.24, 2.45) is 0 Å². The molecule has 0 aromatic heterocycles. The van der Waals surface area contributed by atoms with Crippen molar-refractivity contribution in [1.82, 2.24) is 4.90 Å². The molecule has 2 aliphatic rings. The predicted octanol–water partition coefficient (Wildman–Crippen LogP) is 3.37. The summed E-state index contributed by atoms with van der Waals surface area (Å²) in [7, 11) is 5.41. The highest BCUT2D eigenvalue weighted by molar-refractivity contribution is 5.57. The standard InChI is InChI=1S/C20H29NO3/c1-22-17-10-11-20(24-3)12-14-21(19(20)15-17)13-6-8-16-7-4-5-9-18(16)23-2/h4-9,17,19H,10-15H2,1-3H3/t17-,19-,20+/m0/s1. The van der Waals surface area contributed by atoms with Crippen LogP contribution in [0.4, 0.5) is 0 Å². The van der Waals surface area contributed by atoms with Gasteiger partial charge >= 0.3 is 0 Å². The Bertz CT molecular complexity index is 574. The lowest BCUT2D eigenvalue weighted by Crippen LogP contribution is -2.51. The van der Waals surface area contributed by atoms with Crippen molar-refractivity contribution in [2.75, 3.05) is 34.4 Å². The number of benzene rings is 1. The first-order valence-electron chi connectivity index (χ1n) is 8.84. The van der Waals surface area contributed by atoms with Gasteiger partial charge in [-0.3, -0.25) is 4.90 Å². The Morgan fingerprint density at radius 3 is 2.79 bits per heavy atom. The number of para-hydroxylation sites is 1. The average molecular weight is 331 g/mol. The highest BCUT2D eigenvalue weighted by Gasteiger charge is 2.50. The van der Waals surface area contributed by atoms with Crippen LogP contribution in [0.5, 0.6) is 5.75 Å². The van der Waals surface area contributed by atoms with E-state index in [0.717, 1.165) is 50.1 Å². The lowest BCUT2D eigenvalue weighted by atomic mass is 9.79. The first kappa shape index (κ1) is 17.5. The van der Waals surface area contributed by atoms with Crippen LogP contribution in [-0.4, -0.2) is 57.1 Å². The quantitative estimate of drug-likeness (QED) is 0.800. The van der Waals surface area contributed by atoms with Crippen LogP contribution in [0, 0.1) is 0 Å². The number of fused-ring (bicyclic) bond motifs is 1. The van der Waals surface area contributed by atoms with E-state index in [-0.39, 0.29) is 5.60 Å². The smallest absolute Gasteiger partial charge is 0.126 e. The molecule has 4 nitrogen and oxygen atoms in total. The van der Waals surface area contributed by atoms with Crippen molar-refractivity contribution in [2.45, 2.75) is 43.4 Å². The van der Waals surface area contributed by atoms with Crippen molar-refractivity contribution in [3.05, 3.63) is 35.9 Å². The number of rotatable bonds is 6. The summed E-state index contributed by atoms with van der Waals surface area (Å²) in [5, 5.41) is 0. The van der Waals surface area contributed by atoms with Crippen LogP contribution in [0.3, 0.4) is 0 Å². The third-order valence-electron chi connectivity index (χ3n) is 5.76. The van der Waals surface area contributed by atoms with Gasteiger partial charge in [0.25, 0.3) is 0 Å². The predicted molar refractivity (Wildman–Crippen MR) is 96.4 cm³/mol. The number of methoxy groups -OCH3 is 3. The molecule has 0 amide bonds. The second-order valence-corrected chi connectivity index (χ2v) is 6.81. The number of hydrogen-bond acceptors (Lipinski definition) is 4. The summed E-state index contributed by atoms with van der Waals surface area (Å²) < 4.78 is 17.0. The number of nitrogens with zero attached hydrogens (tertiary/aromatic N) is 1. The van der Waals surface area contributed by atoms with Gasteiger partial charge in [0.2, 0.25) is 0 Å². The molecule has 4 heteroatoms. The Hall–Kier alpha value is -1.36. The van der Waals surface area contributed by atoms with Crippen LogP contribution in [0.15, 0.2) is 30.3 Å². The molecule has 132 valence electrons. The SMILES string of the molecule is COc1ccccc1C=CCN1CC[C@]2(OC)CC[C@H](OC)C[C@H]12. The zero-order valence-electron chi connectivity index (χ0n) is 15.0. The van der Waals surface area contributed by atoms with E-state index in [0.29, 0.717) is 12.1 Å². The van der Waals surface area contributed by atoms with Crippen molar-refractivity contribution >= 4 is 6.08 Å². The minimum absolute atomic E-state index is 0.0211. The maximum Gasteiger partial charge on any atom is 0.126 e. The zero-order chi connectivity index (χ0) is 17.0. The fraction of sp³-hybridized carbons (Fsp3) is 0.600. The molecule has 1 aliphatic heterocycles. The van der Waals surface area contributed by atoms with Gasteiger partial charge in [0.1, 0.15) is 5.75 Å². The molecule has 3 rings (SSSR count). The fourth-order valence-electron chi connectivity index (χ4n) is 4.31. The fourth-order valence-corrected chi connectivity index (χ4v) is 4.31. The van der Waals surface area contributed by atoms with Crippen molar-refractivity contribution < 1.29 is 14.2 Å². The van der Waals surface area contributed by atoms with Crippen LogP contribution in [0.2, 0.25) is 0 Å². The van der Waals surface area contributed by atoms with Crippen molar-refractivity contribution in [1.29, 1.82) is 0 Å². The Kier molecular flexibility index (Phi) is 5.59. The summed E-state index contributed by atoms with van der Waals surface area (Å²) >= 11 is 0. The number of hydrogen-bond donors (Lipinski definition) is 0. The summed E-state index contributed by atoms with van der Waals surface area (Å²) in [5.41, 5.74) is 1.14. The van der Waals surface area contributed by atoms with Crippen LogP contribution in [0.1, 0.15) is 31.2 Å². The molecule has 24 heavy (non-hydrogen) atoms. The molecule has 0 bridgehead atoms. The van der Waals surface area contributed by atoms with Gasteiger partial charge < -0.3 is 14.2 Å².